The zero-order chi connectivity index (χ0) is 24.0. The standard InChI is InChI=1S/C23H24FN3O6/c1-3-26(13-15-8-9-19(32-2)17(24)12-15)20(28)14-33-21(29)10-11-27-18-7-5-4-6-16(18)22(30)25-23(27)31/h4-9,12H,3,10-11,13-14H2,1-2H3,(H,25,30,31). The van der Waals surface area contributed by atoms with Crippen LogP contribution in [0.2, 0.25) is 0 Å². The van der Waals surface area contributed by atoms with Gasteiger partial charge in [-0.2, -0.15) is 0 Å². The quantitative estimate of drug-likeness (QED) is 0.491. The number of carbonyl (C=O) groups is 2. The highest BCUT2D eigenvalue weighted by Crippen LogP contribution is 2.18. The Labute approximate surface area is 188 Å². The first-order chi connectivity index (χ1) is 15.8. The number of hydrogen-bond donors (Lipinski definition) is 1. The number of nitrogens with one attached hydrogen (secondary N) is 1. The van der Waals surface area contributed by atoms with Crippen molar-refractivity contribution in [2.75, 3.05) is 20.3 Å². The number of halogens is 1. The Morgan fingerprint density at radius 3 is 2.61 bits per heavy atom. The van der Waals surface area contributed by atoms with Gasteiger partial charge in [-0.25, -0.2) is 9.18 Å². The van der Waals surface area contributed by atoms with Gasteiger partial charge in [-0.3, -0.25) is 23.9 Å². The number of ether oxygens (including phenoxy) is 2. The van der Waals surface area contributed by atoms with E-state index in [2.05, 4.69) is 4.98 Å². The molecular weight excluding hydrogens is 433 g/mol. The first-order valence-corrected chi connectivity index (χ1v) is 10.3. The van der Waals surface area contributed by atoms with Crippen LogP contribution in [0.15, 0.2) is 52.1 Å². The molecule has 174 valence electrons. The third-order valence-electron chi connectivity index (χ3n) is 5.13. The Balaban J connectivity index is 1.57. The smallest absolute Gasteiger partial charge is 0.328 e. The minimum Gasteiger partial charge on any atom is -0.494 e. The van der Waals surface area contributed by atoms with Crippen molar-refractivity contribution in [2.45, 2.75) is 26.4 Å². The average Bonchev–Trinajstić information content (AvgIpc) is 2.81. The lowest BCUT2D eigenvalue weighted by atomic mass is 10.2. The van der Waals surface area contributed by atoms with Crippen molar-refractivity contribution in [2.24, 2.45) is 0 Å². The number of H-pyrrole nitrogens is 1. The number of aromatic nitrogens is 2. The number of aromatic amines is 1. The van der Waals surface area contributed by atoms with Crippen molar-refractivity contribution in [3.8, 4) is 5.75 Å². The molecule has 1 amide bonds. The van der Waals surface area contributed by atoms with Gasteiger partial charge in [-0.1, -0.05) is 18.2 Å². The maximum Gasteiger partial charge on any atom is 0.328 e. The van der Waals surface area contributed by atoms with E-state index in [1.165, 1.54) is 28.7 Å². The van der Waals surface area contributed by atoms with Crippen LogP contribution in [-0.2, 0) is 27.4 Å². The lowest BCUT2D eigenvalue weighted by Gasteiger charge is -2.21. The molecule has 3 rings (SSSR count). The van der Waals surface area contributed by atoms with Gasteiger partial charge in [-0.15, -0.1) is 0 Å². The molecule has 33 heavy (non-hydrogen) atoms. The van der Waals surface area contributed by atoms with Crippen LogP contribution in [0.25, 0.3) is 10.9 Å². The van der Waals surface area contributed by atoms with Crippen molar-refractivity contribution in [1.82, 2.24) is 14.5 Å². The summed E-state index contributed by atoms with van der Waals surface area (Å²) in [5.41, 5.74) is -0.166. The van der Waals surface area contributed by atoms with Gasteiger partial charge in [-0.05, 0) is 36.8 Å². The first kappa shape index (κ1) is 23.7. The van der Waals surface area contributed by atoms with E-state index in [9.17, 15) is 23.6 Å². The minimum atomic E-state index is -0.669. The largest absolute Gasteiger partial charge is 0.494 e. The number of esters is 1. The second kappa shape index (κ2) is 10.6. The molecule has 0 aliphatic rings. The summed E-state index contributed by atoms with van der Waals surface area (Å²) >= 11 is 0. The van der Waals surface area contributed by atoms with Crippen LogP contribution in [-0.4, -0.2) is 46.6 Å². The topological polar surface area (TPSA) is 111 Å². The van der Waals surface area contributed by atoms with Gasteiger partial charge >= 0.3 is 11.7 Å². The van der Waals surface area contributed by atoms with Crippen LogP contribution in [0.5, 0.6) is 5.75 Å². The van der Waals surface area contributed by atoms with Crippen LogP contribution >= 0.6 is 0 Å². The number of para-hydroxylation sites is 1. The SMILES string of the molecule is CCN(Cc1ccc(OC)c(F)c1)C(=O)COC(=O)CCn1c(=O)[nH]c(=O)c2ccccc21. The number of carbonyl (C=O) groups excluding carboxylic acids is 2. The number of likely N-dealkylation sites (N-methyl/N-ethyl adjacent to an activating group) is 1. The highest BCUT2D eigenvalue weighted by molar-refractivity contribution is 5.81. The number of hydrogen-bond acceptors (Lipinski definition) is 6. The summed E-state index contributed by atoms with van der Waals surface area (Å²) < 4.78 is 25.1. The normalized spacial score (nSPS) is 10.8. The molecule has 1 aromatic heterocycles. The Hall–Kier alpha value is -3.95. The number of nitrogens with zero attached hydrogens (tertiary/aromatic N) is 2. The number of amides is 1. The first-order valence-electron chi connectivity index (χ1n) is 10.3. The van der Waals surface area contributed by atoms with Crippen molar-refractivity contribution in [1.29, 1.82) is 0 Å². The van der Waals surface area contributed by atoms with Gasteiger partial charge in [0.2, 0.25) is 0 Å². The van der Waals surface area contributed by atoms with Crippen LogP contribution in [0, 0.1) is 5.82 Å². The number of fused-ring (bicyclic) bond motifs is 1. The Morgan fingerprint density at radius 1 is 1.15 bits per heavy atom. The van der Waals surface area contributed by atoms with E-state index in [0.29, 0.717) is 23.0 Å². The fraction of sp³-hybridized carbons (Fsp3) is 0.304. The zero-order valence-electron chi connectivity index (χ0n) is 18.3. The molecule has 0 aliphatic heterocycles. The number of methoxy groups -OCH3 is 1. The van der Waals surface area contributed by atoms with Gasteiger partial charge in [0.1, 0.15) is 0 Å². The van der Waals surface area contributed by atoms with E-state index in [1.54, 1.807) is 37.3 Å². The van der Waals surface area contributed by atoms with E-state index >= 15 is 0 Å². The fourth-order valence-corrected chi connectivity index (χ4v) is 3.38. The molecule has 0 saturated carbocycles. The summed E-state index contributed by atoms with van der Waals surface area (Å²) in [4.78, 5) is 52.4. The summed E-state index contributed by atoms with van der Waals surface area (Å²) in [5, 5.41) is 0.328. The second-order valence-corrected chi connectivity index (χ2v) is 7.22. The summed E-state index contributed by atoms with van der Waals surface area (Å²) in [7, 11) is 1.37. The fourth-order valence-electron chi connectivity index (χ4n) is 3.38. The molecule has 1 heterocycles. The number of benzene rings is 2. The van der Waals surface area contributed by atoms with E-state index in [4.69, 9.17) is 9.47 Å². The Bertz CT molecular complexity index is 1280. The van der Waals surface area contributed by atoms with E-state index in [0.717, 1.165) is 0 Å². The Morgan fingerprint density at radius 2 is 1.91 bits per heavy atom. The third kappa shape index (κ3) is 5.65. The maximum atomic E-state index is 13.9. The molecular formula is C23H24FN3O6. The van der Waals surface area contributed by atoms with Crippen molar-refractivity contribution in [3.05, 3.63) is 74.7 Å². The van der Waals surface area contributed by atoms with Crippen molar-refractivity contribution in [3.63, 3.8) is 0 Å². The Kier molecular flexibility index (Phi) is 7.60. The lowest BCUT2D eigenvalue weighted by Crippen LogP contribution is -2.34. The van der Waals surface area contributed by atoms with Gasteiger partial charge < -0.3 is 14.4 Å². The molecule has 0 fully saturated rings. The molecule has 2 aromatic carbocycles. The molecule has 0 bridgehead atoms. The molecule has 0 unspecified atom stereocenters. The molecule has 0 spiro atoms. The third-order valence-corrected chi connectivity index (χ3v) is 5.13. The molecule has 3 aromatic rings. The van der Waals surface area contributed by atoms with E-state index in [-0.39, 0.29) is 25.3 Å². The number of rotatable bonds is 9. The van der Waals surface area contributed by atoms with E-state index < -0.39 is 35.5 Å². The van der Waals surface area contributed by atoms with Crippen molar-refractivity contribution < 1.29 is 23.5 Å². The van der Waals surface area contributed by atoms with Crippen molar-refractivity contribution >= 4 is 22.8 Å². The van der Waals surface area contributed by atoms with Gasteiger partial charge in [0, 0.05) is 19.6 Å². The summed E-state index contributed by atoms with van der Waals surface area (Å²) in [6, 6.07) is 11.0. The molecule has 0 saturated heterocycles. The predicted molar refractivity (Wildman–Crippen MR) is 118 cm³/mol. The summed E-state index contributed by atoms with van der Waals surface area (Å²) in [6.45, 7) is 1.74. The van der Waals surface area contributed by atoms with Crippen LogP contribution < -0.4 is 16.0 Å². The van der Waals surface area contributed by atoms with Crippen LogP contribution in [0.4, 0.5) is 4.39 Å². The lowest BCUT2D eigenvalue weighted by molar-refractivity contribution is -0.152. The predicted octanol–water partition coefficient (Wildman–Crippen LogP) is 1.82. The number of aryl methyl sites for hydroxylation is 1. The maximum absolute atomic E-state index is 13.9. The molecule has 9 nitrogen and oxygen atoms in total. The van der Waals surface area contributed by atoms with Gasteiger partial charge in [0.15, 0.2) is 18.2 Å². The zero-order valence-corrected chi connectivity index (χ0v) is 18.3. The monoisotopic (exact) mass is 457 g/mol. The van der Waals surface area contributed by atoms with Crippen LogP contribution in [0.3, 0.4) is 0 Å². The summed E-state index contributed by atoms with van der Waals surface area (Å²) in [6.07, 6.45) is -0.168. The molecule has 0 aliphatic carbocycles. The summed E-state index contributed by atoms with van der Waals surface area (Å²) in [5.74, 6) is -1.53. The van der Waals surface area contributed by atoms with Gasteiger partial charge in [0.05, 0.1) is 24.4 Å². The minimum absolute atomic E-state index is 0.0221. The van der Waals surface area contributed by atoms with Gasteiger partial charge in [0.25, 0.3) is 11.5 Å². The average molecular weight is 457 g/mol. The van der Waals surface area contributed by atoms with Crippen LogP contribution in [0.1, 0.15) is 18.9 Å². The molecule has 10 heteroatoms. The molecule has 0 radical (unpaired) electrons. The highest BCUT2D eigenvalue weighted by Gasteiger charge is 2.16. The second-order valence-electron chi connectivity index (χ2n) is 7.22. The molecule has 1 N–H and O–H groups in total. The highest BCUT2D eigenvalue weighted by atomic mass is 19.1. The molecule has 0 atom stereocenters. The van der Waals surface area contributed by atoms with E-state index in [1.807, 2.05) is 0 Å².